The number of carbonyl (C=O) groups is 1. The maximum absolute atomic E-state index is 12.7. The molecular formula is C16H18F3N3O. The van der Waals surface area contributed by atoms with Gasteiger partial charge >= 0.3 is 6.18 Å². The predicted molar refractivity (Wildman–Crippen MR) is 81.0 cm³/mol. The zero-order chi connectivity index (χ0) is 17.0. The number of benzene rings is 1. The Bertz CT molecular complexity index is 679. The lowest BCUT2D eigenvalue weighted by molar-refractivity contribution is -0.137. The molecule has 7 heteroatoms. The number of aromatic nitrogens is 2. The Hall–Kier alpha value is -2.31. The predicted octanol–water partition coefficient (Wildman–Crippen LogP) is 4.05. The van der Waals surface area contributed by atoms with Crippen LogP contribution in [0.15, 0.2) is 36.5 Å². The number of carbonyl (C=O) groups excluding carboxylic acids is 1. The summed E-state index contributed by atoms with van der Waals surface area (Å²) in [7, 11) is 0. The van der Waals surface area contributed by atoms with Crippen LogP contribution in [-0.4, -0.2) is 15.7 Å². The third-order valence-corrected chi connectivity index (χ3v) is 3.57. The lowest BCUT2D eigenvalue weighted by atomic mass is 10.1. The highest BCUT2D eigenvalue weighted by molar-refractivity contribution is 5.91. The molecule has 0 fully saturated rings. The fourth-order valence-corrected chi connectivity index (χ4v) is 2.17. The van der Waals surface area contributed by atoms with Crippen molar-refractivity contribution < 1.29 is 18.0 Å². The van der Waals surface area contributed by atoms with E-state index in [0.717, 1.165) is 18.6 Å². The highest BCUT2D eigenvalue weighted by atomic mass is 19.4. The van der Waals surface area contributed by atoms with Gasteiger partial charge in [-0.3, -0.25) is 4.79 Å². The molecular weight excluding hydrogens is 307 g/mol. The van der Waals surface area contributed by atoms with E-state index >= 15 is 0 Å². The van der Waals surface area contributed by atoms with E-state index in [0.29, 0.717) is 11.4 Å². The second kappa shape index (κ2) is 6.85. The van der Waals surface area contributed by atoms with E-state index in [1.807, 2.05) is 13.8 Å². The summed E-state index contributed by atoms with van der Waals surface area (Å²) >= 11 is 0. The van der Waals surface area contributed by atoms with Gasteiger partial charge in [-0.25, -0.2) is 4.68 Å². The molecule has 0 bridgehead atoms. The topological polar surface area (TPSA) is 46.9 Å². The first-order chi connectivity index (χ1) is 10.8. The van der Waals surface area contributed by atoms with Crippen molar-refractivity contribution in [2.45, 2.75) is 38.9 Å². The minimum Gasteiger partial charge on any atom is -0.311 e. The Morgan fingerprint density at radius 3 is 2.74 bits per heavy atom. The molecule has 1 aromatic carbocycles. The molecule has 1 aromatic heterocycles. The van der Waals surface area contributed by atoms with Crippen molar-refractivity contribution >= 4 is 11.7 Å². The Morgan fingerprint density at radius 2 is 2.09 bits per heavy atom. The maximum atomic E-state index is 12.7. The normalized spacial score (nSPS) is 12.9. The lowest BCUT2D eigenvalue weighted by Crippen LogP contribution is -2.19. The molecule has 0 spiro atoms. The molecule has 1 atom stereocenters. The lowest BCUT2D eigenvalue weighted by Gasteiger charge is -2.14. The molecule has 0 saturated carbocycles. The smallest absolute Gasteiger partial charge is 0.311 e. The first-order valence-corrected chi connectivity index (χ1v) is 7.30. The Morgan fingerprint density at radius 1 is 1.35 bits per heavy atom. The number of anilines is 1. The van der Waals surface area contributed by atoms with Gasteiger partial charge in [0.25, 0.3) is 0 Å². The summed E-state index contributed by atoms with van der Waals surface area (Å²) in [6.07, 6.45) is -2.12. The summed E-state index contributed by atoms with van der Waals surface area (Å²) < 4.78 is 39.7. The van der Waals surface area contributed by atoms with Gasteiger partial charge in [0.15, 0.2) is 0 Å². The minimum atomic E-state index is -4.42. The molecule has 0 aliphatic heterocycles. The van der Waals surface area contributed by atoms with E-state index in [4.69, 9.17) is 0 Å². The van der Waals surface area contributed by atoms with Gasteiger partial charge in [-0.05, 0) is 25.0 Å². The SMILES string of the molecule is CC[C@H](C)n1nccc1NC(=O)Cc1cccc(C(F)(F)F)c1. The van der Waals surface area contributed by atoms with E-state index in [2.05, 4.69) is 10.4 Å². The van der Waals surface area contributed by atoms with Gasteiger partial charge in [0.1, 0.15) is 5.82 Å². The molecule has 1 amide bonds. The van der Waals surface area contributed by atoms with Crippen molar-refractivity contribution in [2.75, 3.05) is 5.32 Å². The Balaban J connectivity index is 2.07. The minimum absolute atomic E-state index is 0.119. The van der Waals surface area contributed by atoms with Crippen molar-refractivity contribution in [3.63, 3.8) is 0 Å². The van der Waals surface area contributed by atoms with Crippen molar-refractivity contribution in [1.29, 1.82) is 0 Å². The number of hydrogen-bond acceptors (Lipinski definition) is 2. The van der Waals surface area contributed by atoms with Crippen LogP contribution in [0, 0.1) is 0 Å². The number of nitrogens with zero attached hydrogens (tertiary/aromatic N) is 2. The molecule has 1 N–H and O–H groups in total. The van der Waals surface area contributed by atoms with Gasteiger partial charge in [-0.1, -0.05) is 25.1 Å². The Kier molecular flexibility index (Phi) is 5.08. The third-order valence-electron chi connectivity index (χ3n) is 3.57. The second-order valence-electron chi connectivity index (χ2n) is 5.34. The number of nitrogens with one attached hydrogen (secondary N) is 1. The van der Waals surface area contributed by atoms with Crippen LogP contribution >= 0.6 is 0 Å². The number of alkyl halides is 3. The quantitative estimate of drug-likeness (QED) is 0.901. The monoisotopic (exact) mass is 325 g/mol. The Labute approximate surface area is 132 Å². The zero-order valence-electron chi connectivity index (χ0n) is 12.9. The average molecular weight is 325 g/mol. The summed E-state index contributed by atoms with van der Waals surface area (Å²) in [5, 5.41) is 6.84. The molecule has 0 aliphatic rings. The van der Waals surface area contributed by atoms with Crippen LogP contribution in [0.2, 0.25) is 0 Å². The van der Waals surface area contributed by atoms with Gasteiger partial charge < -0.3 is 5.32 Å². The third kappa shape index (κ3) is 4.34. The molecule has 2 aromatic rings. The summed E-state index contributed by atoms with van der Waals surface area (Å²) in [5.74, 6) is 0.158. The fraction of sp³-hybridized carbons (Fsp3) is 0.375. The van der Waals surface area contributed by atoms with Crippen LogP contribution in [0.25, 0.3) is 0 Å². The van der Waals surface area contributed by atoms with Crippen LogP contribution in [0.5, 0.6) is 0 Å². The van der Waals surface area contributed by atoms with E-state index in [-0.39, 0.29) is 18.4 Å². The highest BCUT2D eigenvalue weighted by Gasteiger charge is 2.30. The van der Waals surface area contributed by atoms with E-state index in [9.17, 15) is 18.0 Å². The van der Waals surface area contributed by atoms with Crippen LogP contribution in [0.3, 0.4) is 0 Å². The molecule has 2 rings (SSSR count). The van der Waals surface area contributed by atoms with Gasteiger partial charge in [-0.2, -0.15) is 18.3 Å². The summed E-state index contributed by atoms with van der Waals surface area (Å²) in [6, 6.07) is 6.56. The molecule has 0 unspecified atom stereocenters. The van der Waals surface area contributed by atoms with Gasteiger partial charge in [0.2, 0.25) is 5.91 Å². The van der Waals surface area contributed by atoms with E-state index in [1.54, 1.807) is 16.9 Å². The molecule has 0 saturated heterocycles. The summed E-state index contributed by atoms with van der Waals surface area (Å²) in [5.41, 5.74) is -0.445. The first-order valence-electron chi connectivity index (χ1n) is 7.30. The molecule has 4 nitrogen and oxygen atoms in total. The zero-order valence-corrected chi connectivity index (χ0v) is 12.9. The first kappa shape index (κ1) is 17.1. The number of rotatable bonds is 5. The van der Waals surface area contributed by atoms with Crippen molar-refractivity contribution in [1.82, 2.24) is 9.78 Å². The number of amides is 1. The van der Waals surface area contributed by atoms with Crippen molar-refractivity contribution in [3.8, 4) is 0 Å². The van der Waals surface area contributed by atoms with Gasteiger partial charge in [-0.15, -0.1) is 0 Å². The molecule has 1 heterocycles. The largest absolute Gasteiger partial charge is 0.416 e. The van der Waals surface area contributed by atoms with E-state index < -0.39 is 11.7 Å². The summed E-state index contributed by atoms with van der Waals surface area (Å²) in [4.78, 5) is 12.1. The van der Waals surface area contributed by atoms with E-state index in [1.165, 1.54) is 12.1 Å². The van der Waals surface area contributed by atoms with Crippen molar-refractivity contribution in [3.05, 3.63) is 47.7 Å². The van der Waals surface area contributed by atoms with Crippen LogP contribution in [0.4, 0.5) is 19.0 Å². The number of halogens is 3. The highest BCUT2D eigenvalue weighted by Crippen LogP contribution is 2.29. The van der Waals surface area contributed by atoms with Crippen LogP contribution in [-0.2, 0) is 17.4 Å². The van der Waals surface area contributed by atoms with Gasteiger partial charge in [0, 0.05) is 6.07 Å². The molecule has 0 aliphatic carbocycles. The standard InChI is InChI=1S/C16H18F3N3O/c1-3-11(2)22-14(7-8-20-22)21-15(23)10-12-5-4-6-13(9-12)16(17,18)19/h4-9,11H,3,10H2,1-2H3,(H,21,23)/t11-/m0/s1. The molecule has 0 radical (unpaired) electrons. The summed E-state index contributed by atoms with van der Waals surface area (Å²) in [6.45, 7) is 3.97. The second-order valence-corrected chi connectivity index (χ2v) is 5.34. The van der Waals surface area contributed by atoms with Crippen LogP contribution in [0.1, 0.15) is 37.4 Å². The maximum Gasteiger partial charge on any atom is 0.416 e. The average Bonchev–Trinajstić information content (AvgIpc) is 2.93. The van der Waals surface area contributed by atoms with Crippen LogP contribution < -0.4 is 5.32 Å². The molecule has 23 heavy (non-hydrogen) atoms. The fourth-order valence-electron chi connectivity index (χ4n) is 2.17. The molecule has 124 valence electrons. The van der Waals surface area contributed by atoms with Crippen molar-refractivity contribution in [2.24, 2.45) is 0 Å². The van der Waals surface area contributed by atoms with Gasteiger partial charge in [0.05, 0.1) is 24.2 Å². The number of hydrogen-bond donors (Lipinski definition) is 1.